The van der Waals surface area contributed by atoms with Crippen molar-refractivity contribution in [1.82, 2.24) is 5.06 Å². The molecule has 2 nitrogen and oxygen atoms in total. The van der Waals surface area contributed by atoms with Crippen molar-refractivity contribution in [2.75, 3.05) is 6.54 Å². The smallest absolute Gasteiger partial charge is 0.106 e. The van der Waals surface area contributed by atoms with Crippen LogP contribution in [0.4, 0.5) is 0 Å². The molecule has 0 bridgehead atoms. The molecule has 0 N–H and O–H groups in total. The Morgan fingerprint density at radius 3 is 2.57 bits per heavy atom. The average molecular weight is 191 g/mol. The molecule has 1 heterocycles. The minimum absolute atomic E-state index is 0.263. The summed E-state index contributed by atoms with van der Waals surface area (Å²) in [5, 5.41) is 2.07. The van der Waals surface area contributed by atoms with E-state index < -0.39 is 0 Å². The minimum Gasteiger partial charge on any atom is -0.291 e. The SMILES string of the molecule is CC(C)N1CCC(c2ccccc2)O1. The maximum absolute atomic E-state index is 5.84. The highest BCUT2D eigenvalue weighted by atomic mass is 16.7. The van der Waals surface area contributed by atoms with Gasteiger partial charge < -0.3 is 0 Å². The van der Waals surface area contributed by atoms with E-state index in [0.29, 0.717) is 6.04 Å². The van der Waals surface area contributed by atoms with Crippen LogP contribution in [0.3, 0.4) is 0 Å². The van der Waals surface area contributed by atoms with Crippen molar-refractivity contribution >= 4 is 0 Å². The van der Waals surface area contributed by atoms with Crippen LogP contribution in [0.5, 0.6) is 0 Å². The molecule has 1 aliphatic heterocycles. The zero-order valence-corrected chi connectivity index (χ0v) is 8.81. The van der Waals surface area contributed by atoms with Gasteiger partial charge in [-0.3, -0.25) is 4.84 Å². The lowest BCUT2D eigenvalue weighted by Gasteiger charge is -2.19. The summed E-state index contributed by atoms with van der Waals surface area (Å²) in [5.41, 5.74) is 1.29. The normalized spacial score (nSPS) is 23.2. The fraction of sp³-hybridized carbons (Fsp3) is 0.500. The van der Waals surface area contributed by atoms with E-state index in [0.717, 1.165) is 13.0 Å². The molecule has 2 rings (SSSR count). The number of hydrogen-bond acceptors (Lipinski definition) is 2. The first-order valence-corrected chi connectivity index (χ1v) is 5.26. The first-order chi connectivity index (χ1) is 6.77. The Balaban J connectivity index is 2.03. The predicted molar refractivity (Wildman–Crippen MR) is 56.7 cm³/mol. The minimum atomic E-state index is 0.263. The van der Waals surface area contributed by atoms with Gasteiger partial charge in [-0.05, 0) is 25.8 Å². The quantitative estimate of drug-likeness (QED) is 0.712. The molecule has 0 aliphatic carbocycles. The molecule has 1 fully saturated rings. The molecule has 76 valence electrons. The van der Waals surface area contributed by atoms with Crippen LogP contribution in [-0.2, 0) is 4.84 Å². The van der Waals surface area contributed by atoms with Gasteiger partial charge in [0.1, 0.15) is 6.10 Å². The Bertz CT molecular complexity index is 284. The molecule has 2 heteroatoms. The molecular formula is C12H17NO. The second kappa shape index (κ2) is 4.11. The zero-order chi connectivity index (χ0) is 9.97. The lowest BCUT2D eigenvalue weighted by atomic mass is 10.1. The Labute approximate surface area is 85.4 Å². The first kappa shape index (κ1) is 9.69. The number of hydroxylamine groups is 2. The monoisotopic (exact) mass is 191 g/mol. The number of rotatable bonds is 2. The third-order valence-electron chi connectivity index (χ3n) is 2.62. The highest BCUT2D eigenvalue weighted by Gasteiger charge is 2.26. The fourth-order valence-corrected chi connectivity index (χ4v) is 1.79. The summed E-state index contributed by atoms with van der Waals surface area (Å²) in [6.45, 7) is 5.36. The Morgan fingerprint density at radius 2 is 2.00 bits per heavy atom. The largest absolute Gasteiger partial charge is 0.291 e. The van der Waals surface area contributed by atoms with Gasteiger partial charge in [0.15, 0.2) is 0 Å². The van der Waals surface area contributed by atoms with Crippen LogP contribution in [0.2, 0.25) is 0 Å². The van der Waals surface area contributed by atoms with Crippen LogP contribution in [0.1, 0.15) is 31.9 Å². The first-order valence-electron chi connectivity index (χ1n) is 5.26. The molecule has 1 aliphatic rings. The Morgan fingerprint density at radius 1 is 1.29 bits per heavy atom. The van der Waals surface area contributed by atoms with Crippen LogP contribution in [0.15, 0.2) is 30.3 Å². The highest BCUT2D eigenvalue weighted by molar-refractivity contribution is 5.17. The van der Waals surface area contributed by atoms with Gasteiger partial charge in [0.2, 0.25) is 0 Å². The van der Waals surface area contributed by atoms with Crippen molar-refractivity contribution in [2.45, 2.75) is 32.4 Å². The van der Waals surface area contributed by atoms with Gasteiger partial charge in [0, 0.05) is 12.6 Å². The van der Waals surface area contributed by atoms with Crippen molar-refractivity contribution in [1.29, 1.82) is 0 Å². The van der Waals surface area contributed by atoms with Gasteiger partial charge in [0.05, 0.1) is 0 Å². The van der Waals surface area contributed by atoms with Crippen LogP contribution < -0.4 is 0 Å². The summed E-state index contributed by atoms with van der Waals surface area (Å²) >= 11 is 0. The topological polar surface area (TPSA) is 12.5 Å². The fourth-order valence-electron chi connectivity index (χ4n) is 1.79. The van der Waals surface area contributed by atoms with E-state index in [4.69, 9.17) is 4.84 Å². The van der Waals surface area contributed by atoms with Crippen molar-refractivity contribution in [3.63, 3.8) is 0 Å². The number of benzene rings is 1. The van der Waals surface area contributed by atoms with Crippen molar-refractivity contribution in [2.24, 2.45) is 0 Å². The van der Waals surface area contributed by atoms with Crippen LogP contribution in [-0.4, -0.2) is 17.6 Å². The molecule has 1 saturated heterocycles. The zero-order valence-electron chi connectivity index (χ0n) is 8.81. The van der Waals surface area contributed by atoms with E-state index in [2.05, 4.69) is 43.2 Å². The maximum Gasteiger partial charge on any atom is 0.106 e. The summed E-state index contributed by atoms with van der Waals surface area (Å²) in [7, 11) is 0. The average Bonchev–Trinajstić information content (AvgIpc) is 2.68. The lowest BCUT2D eigenvalue weighted by Crippen LogP contribution is -2.26. The summed E-state index contributed by atoms with van der Waals surface area (Å²) in [6, 6.07) is 10.9. The Hall–Kier alpha value is -0.860. The molecule has 14 heavy (non-hydrogen) atoms. The molecule has 0 spiro atoms. The summed E-state index contributed by atoms with van der Waals surface area (Å²) in [4.78, 5) is 5.84. The van der Waals surface area contributed by atoms with Crippen molar-refractivity contribution in [3.05, 3.63) is 35.9 Å². The van der Waals surface area contributed by atoms with E-state index >= 15 is 0 Å². The van der Waals surface area contributed by atoms with E-state index in [1.54, 1.807) is 0 Å². The molecule has 1 aromatic rings. The van der Waals surface area contributed by atoms with Crippen LogP contribution >= 0.6 is 0 Å². The third-order valence-corrected chi connectivity index (χ3v) is 2.62. The number of nitrogens with zero attached hydrogens (tertiary/aromatic N) is 1. The molecule has 0 radical (unpaired) electrons. The van der Waals surface area contributed by atoms with Gasteiger partial charge in [0.25, 0.3) is 0 Å². The number of hydrogen-bond donors (Lipinski definition) is 0. The van der Waals surface area contributed by atoms with Gasteiger partial charge in [-0.25, -0.2) is 0 Å². The van der Waals surface area contributed by atoms with E-state index in [1.807, 2.05) is 6.07 Å². The van der Waals surface area contributed by atoms with Crippen molar-refractivity contribution < 1.29 is 4.84 Å². The van der Waals surface area contributed by atoms with Gasteiger partial charge in [-0.1, -0.05) is 30.3 Å². The summed E-state index contributed by atoms with van der Waals surface area (Å²) in [6.07, 6.45) is 1.36. The predicted octanol–water partition coefficient (Wildman–Crippen LogP) is 2.77. The van der Waals surface area contributed by atoms with Gasteiger partial charge in [-0.15, -0.1) is 0 Å². The summed E-state index contributed by atoms with van der Waals surface area (Å²) in [5.74, 6) is 0. The standard InChI is InChI=1S/C12H17NO/c1-10(2)13-9-8-12(14-13)11-6-4-3-5-7-11/h3-7,10,12H,8-9H2,1-2H3. The molecule has 0 aromatic heterocycles. The molecule has 1 atom stereocenters. The summed E-state index contributed by atoms with van der Waals surface area (Å²) < 4.78 is 0. The van der Waals surface area contributed by atoms with Gasteiger partial charge in [-0.2, -0.15) is 5.06 Å². The molecule has 0 amide bonds. The lowest BCUT2D eigenvalue weighted by molar-refractivity contribution is -0.166. The van der Waals surface area contributed by atoms with Crippen LogP contribution in [0, 0.1) is 0 Å². The molecule has 1 aromatic carbocycles. The highest BCUT2D eigenvalue weighted by Crippen LogP contribution is 2.29. The van der Waals surface area contributed by atoms with E-state index in [-0.39, 0.29) is 6.10 Å². The maximum atomic E-state index is 5.84. The Kier molecular flexibility index (Phi) is 2.85. The van der Waals surface area contributed by atoms with E-state index in [9.17, 15) is 0 Å². The molecule has 0 saturated carbocycles. The van der Waals surface area contributed by atoms with E-state index in [1.165, 1.54) is 5.56 Å². The third kappa shape index (κ3) is 1.97. The second-order valence-electron chi connectivity index (χ2n) is 4.03. The second-order valence-corrected chi connectivity index (χ2v) is 4.03. The molecular weight excluding hydrogens is 174 g/mol. The van der Waals surface area contributed by atoms with Crippen molar-refractivity contribution in [3.8, 4) is 0 Å². The van der Waals surface area contributed by atoms with Crippen LogP contribution in [0.25, 0.3) is 0 Å². The van der Waals surface area contributed by atoms with Gasteiger partial charge >= 0.3 is 0 Å². The molecule has 1 unspecified atom stereocenters.